The summed E-state index contributed by atoms with van der Waals surface area (Å²) in [5.41, 5.74) is 3.47. The van der Waals surface area contributed by atoms with Gasteiger partial charge in [-0.25, -0.2) is 9.48 Å². The molecule has 2 aromatic carbocycles. The Morgan fingerprint density at radius 1 is 1.12 bits per heavy atom. The van der Waals surface area contributed by atoms with Gasteiger partial charge in [0.05, 0.1) is 35.5 Å². The van der Waals surface area contributed by atoms with Crippen molar-refractivity contribution in [3.63, 3.8) is 0 Å². The number of rotatable bonds is 10. The van der Waals surface area contributed by atoms with Gasteiger partial charge in [0.15, 0.2) is 5.60 Å². The Balaban J connectivity index is 1.54. The first-order chi connectivity index (χ1) is 16.5. The number of ether oxygens (including phenoxy) is 2. The van der Waals surface area contributed by atoms with E-state index < -0.39 is 11.6 Å². The van der Waals surface area contributed by atoms with Crippen LogP contribution in [0.4, 0.5) is 5.69 Å². The maximum absolute atomic E-state index is 11.7. The Hall–Kier alpha value is -3.32. The topological polar surface area (TPSA) is 76.8 Å². The van der Waals surface area contributed by atoms with Crippen molar-refractivity contribution in [1.82, 2.24) is 9.78 Å². The number of para-hydroxylation sites is 2. The van der Waals surface area contributed by atoms with Gasteiger partial charge in [-0.1, -0.05) is 31.2 Å². The minimum absolute atomic E-state index is 0.112. The fraction of sp³-hybridized carbons (Fsp3) is 0.407. The maximum Gasteiger partial charge on any atom is 0.335 e. The summed E-state index contributed by atoms with van der Waals surface area (Å²) in [5, 5.41) is 14.5. The molecular weight excluding hydrogens is 430 g/mol. The van der Waals surface area contributed by atoms with Crippen LogP contribution in [-0.4, -0.2) is 45.7 Å². The lowest BCUT2D eigenvalue weighted by molar-refractivity contribution is -0.165. The molecule has 7 heteroatoms. The van der Waals surface area contributed by atoms with Gasteiger partial charge >= 0.3 is 5.97 Å². The summed E-state index contributed by atoms with van der Waals surface area (Å²) in [6, 6.07) is 18.4. The Bertz CT molecular complexity index is 1180. The molecule has 1 saturated carbocycles. The highest BCUT2D eigenvalue weighted by atomic mass is 16.5. The highest BCUT2D eigenvalue weighted by molar-refractivity contribution is 5.76. The average Bonchev–Trinajstić information content (AvgIpc) is 3.52. The van der Waals surface area contributed by atoms with E-state index in [0.29, 0.717) is 18.2 Å². The number of hydrogen-bond donors (Lipinski definition) is 1. The molecule has 3 aromatic rings. The van der Waals surface area contributed by atoms with Crippen molar-refractivity contribution in [3.8, 4) is 22.7 Å². The number of nitrogens with zero attached hydrogens (tertiary/aromatic N) is 3. The maximum atomic E-state index is 11.7. The van der Waals surface area contributed by atoms with Crippen molar-refractivity contribution < 1.29 is 19.4 Å². The SMILES string of the molecule is CC[C@@](C)(OCc1cc(-c2cccc(OC3CC3)c2)n(-c2ccccc2N2CCC2)n1)C(=O)O. The van der Waals surface area contributed by atoms with Gasteiger partial charge in [0.25, 0.3) is 0 Å². The van der Waals surface area contributed by atoms with E-state index in [0.717, 1.165) is 54.3 Å². The molecule has 7 nitrogen and oxygen atoms in total. The number of carboxylic acid groups (broad SMARTS) is 1. The molecule has 2 heterocycles. The summed E-state index contributed by atoms with van der Waals surface area (Å²) in [6.45, 7) is 5.59. The van der Waals surface area contributed by atoms with Gasteiger partial charge in [-0.3, -0.25) is 0 Å². The second-order valence-electron chi connectivity index (χ2n) is 9.29. The minimum Gasteiger partial charge on any atom is -0.490 e. The van der Waals surface area contributed by atoms with Crippen molar-refractivity contribution in [2.75, 3.05) is 18.0 Å². The van der Waals surface area contributed by atoms with E-state index in [1.807, 2.05) is 41.9 Å². The van der Waals surface area contributed by atoms with Crippen LogP contribution in [0.15, 0.2) is 54.6 Å². The van der Waals surface area contributed by atoms with Crippen LogP contribution in [0.2, 0.25) is 0 Å². The zero-order valence-corrected chi connectivity index (χ0v) is 19.7. The summed E-state index contributed by atoms with van der Waals surface area (Å²) in [7, 11) is 0. The number of carbonyl (C=O) groups is 1. The molecule has 1 aromatic heterocycles. The first kappa shape index (κ1) is 22.5. The number of anilines is 1. The highest BCUT2D eigenvalue weighted by Crippen LogP contribution is 2.34. The lowest BCUT2D eigenvalue weighted by atomic mass is 10.0. The van der Waals surface area contributed by atoms with Crippen molar-refractivity contribution >= 4 is 11.7 Å². The predicted octanol–water partition coefficient (Wildman–Crippen LogP) is 5.06. The Kier molecular flexibility index (Phi) is 6.04. The Labute approximate surface area is 199 Å². The number of benzene rings is 2. The first-order valence-corrected chi connectivity index (χ1v) is 12.0. The van der Waals surface area contributed by atoms with E-state index in [-0.39, 0.29) is 6.61 Å². The third-order valence-electron chi connectivity index (χ3n) is 6.69. The third kappa shape index (κ3) is 4.53. The standard InChI is InChI=1S/C27H31N3O4/c1-3-27(2,26(31)32)33-18-20-17-25(19-8-6-9-22(16-19)34-21-12-13-21)30(28-20)24-11-5-4-10-23(24)29-14-7-15-29/h4-6,8-11,16-17,21H,3,7,12-15,18H2,1-2H3,(H,31,32)/t27-/m1/s1. The largest absolute Gasteiger partial charge is 0.490 e. The van der Waals surface area contributed by atoms with Crippen LogP contribution in [0, 0.1) is 0 Å². The summed E-state index contributed by atoms with van der Waals surface area (Å²) < 4.78 is 13.8. The molecule has 178 valence electrons. The van der Waals surface area contributed by atoms with E-state index in [4.69, 9.17) is 14.6 Å². The van der Waals surface area contributed by atoms with Crippen LogP contribution in [-0.2, 0) is 16.1 Å². The fourth-order valence-electron chi connectivity index (χ4n) is 4.01. The van der Waals surface area contributed by atoms with Gasteiger partial charge in [-0.2, -0.15) is 5.10 Å². The lowest BCUT2D eigenvalue weighted by Crippen LogP contribution is -2.37. The highest BCUT2D eigenvalue weighted by Gasteiger charge is 2.32. The minimum atomic E-state index is -1.25. The molecule has 0 radical (unpaired) electrons. The second-order valence-corrected chi connectivity index (χ2v) is 9.29. The van der Waals surface area contributed by atoms with Crippen LogP contribution in [0.1, 0.15) is 45.2 Å². The van der Waals surface area contributed by atoms with Crippen molar-refractivity contribution in [2.45, 2.75) is 57.8 Å². The fourth-order valence-corrected chi connectivity index (χ4v) is 4.01. The molecule has 0 unspecified atom stereocenters. The van der Waals surface area contributed by atoms with E-state index in [2.05, 4.69) is 29.2 Å². The molecule has 0 amide bonds. The van der Waals surface area contributed by atoms with Gasteiger partial charge in [0, 0.05) is 18.7 Å². The quantitative estimate of drug-likeness (QED) is 0.455. The molecule has 2 fully saturated rings. The number of carboxylic acids is 1. The van der Waals surface area contributed by atoms with Gasteiger partial charge in [0.2, 0.25) is 0 Å². The monoisotopic (exact) mass is 461 g/mol. The number of aromatic nitrogens is 2. The summed E-state index contributed by atoms with van der Waals surface area (Å²) in [5.74, 6) is -0.117. The van der Waals surface area contributed by atoms with Crippen LogP contribution in [0.25, 0.3) is 16.9 Å². The van der Waals surface area contributed by atoms with Crippen molar-refractivity contribution in [2.24, 2.45) is 0 Å². The van der Waals surface area contributed by atoms with Crippen LogP contribution in [0.5, 0.6) is 5.75 Å². The van der Waals surface area contributed by atoms with E-state index >= 15 is 0 Å². The van der Waals surface area contributed by atoms with E-state index in [1.54, 1.807) is 6.92 Å². The number of hydrogen-bond acceptors (Lipinski definition) is 5. The van der Waals surface area contributed by atoms with Gasteiger partial charge in [-0.05, 0) is 62.9 Å². The smallest absolute Gasteiger partial charge is 0.335 e. The summed E-state index contributed by atoms with van der Waals surface area (Å²) in [6.07, 6.45) is 4.08. The van der Waals surface area contributed by atoms with Crippen molar-refractivity contribution in [3.05, 3.63) is 60.3 Å². The predicted molar refractivity (Wildman–Crippen MR) is 131 cm³/mol. The number of aliphatic carboxylic acids is 1. The average molecular weight is 462 g/mol. The molecular formula is C27H31N3O4. The normalized spacial score (nSPS) is 17.2. The Morgan fingerprint density at radius 3 is 2.53 bits per heavy atom. The molecule has 1 saturated heterocycles. The molecule has 5 rings (SSSR count). The Morgan fingerprint density at radius 2 is 1.88 bits per heavy atom. The van der Waals surface area contributed by atoms with E-state index in [9.17, 15) is 9.90 Å². The molecule has 1 atom stereocenters. The molecule has 1 aliphatic carbocycles. The summed E-state index contributed by atoms with van der Waals surface area (Å²) in [4.78, 5) is 14.1. The first-order valence-electron chi connectivity index (χ1n) is 12.0. The summed E-state index contributed by atoms with van der Waals surface area (Å²) >= 11 is 0. The molecule has 0 spiro atoms. The van der Waals surface area contributed by atoms with Gasteiger partial charge in [-0.15, -0.1) is 0 Å². The van der Waals surface area contributed by atoms with Crippen LogP contribution in [0.3, 0.4) is 0 Å². The van der Waals surface area contributed by atoms with Crippen molar-refractivity contribution in [1.29, 1.82) is 0 Å². The second kappa shape index (κ2) is 9.14. The zero-order valence-electron chi connectivity index (χ0n) is 19.7. The molecule has 2 aliphatic rings. The molecule has 1 N–H and O–H groups in total. The van der Waals surface area contributed by atoms with E-state index in [1.165, 1.54) is 6.42 Å². The molecule has 1 aliphatic heterocycles. The van der Waals surface area contributed by atoms with Gasteiger partial charge < -0.3 is 19.5 Å². The molecule has 0 bridgehead atoms. The lowest BCUT2D eigenvalue weighted by Gasteiger charge is -2.34. The van der Waals surface area contributed by atoms with Crippen LogP contribution >= 0.6 is 0 Å². The van der Waals surface area contributed by atoms with Gasteiger partial charge in [0.1, 0.15) is 5.75 Å². The zero-order chi connectivity index (χ0) is 23.7. The van der Waals surface area contributed by atoms with Crippen LogP contribution < -0.4 is 9.64 Å². The molecule has 34 heavy (non-hydrogen) atoms. The third-order valence-corrected chi connectivity index (χ3v) is 6.69.